The monoisotopic (exact) mass is 302 g/mol. The van der Waals surface area contributed by atoms with E-state index in [0.717, 1.165) is 0 Å². The van der Waals surface area contributed by atoms with Crippen LogP contribution in [0.5, 0.6) is 0 Å². The Balaban J connectivity index is 5.04. The summed E-state index contributed by atoms with van der Waals surface area (Å²) in [5.74, 6) is -0.352. The molecule has 0 bridgehead atoms. The lowest BCUT2D eigenvalue weighted by Gasteiger charge is -2.27. The van der Waals surface area contributed by atoms with Crippen molar-refractivity contribution >= 4 is 12.2 Å². The third-order valence-corrected chi connectivity index (χ3v) is 3.13. The zero-order valence-corrected chi connectivity index (χ0v) is 13.4. The molecule has 2 atom stereocenters. The average Bonchev–Trinajstić information content (AvgIpc) is 2.38. The molecule has 7 heteroatoms. The number of amides is 1. The van der Waals surface area contributed by atoms with Crippen LogP contribution in [0.2, 0.25) is 0 Å². The Kier molecular flexibility index (Phi) is 8.09. The molecular formula is C14H26N2O5. The number of nitro groups is 1. The number of hydrogen-bond donors (Lipinski definition) is 1. The highest BCUT2D eigenvalue weighted by Crippen LogP contribution is 2.15. The van der Waals surface area contributed by atoms with Gasteiger partial charge in [-0.2, -0.15) is 0 Å². The van der Waals surface area contributed by atoms with E-state index in [2.05, 4.69) is 5.32 Å². The summed E-state index contributed by atoms with van der Waals surface area (Å²) in [6, 6.07) is -0.968. The second-order valence-electron chi connectivity index (χ2n) is 6.02. The van der Waals surface area contributed by atoms with Crippen molar-refractivity contribution in [3.8, 4) is 0 Å². The summed E-state index contributed by atoms with van der Waals surface area (Å²) in [7, 11) is 0. The summed E-state index contributed by atoms with van der Waals surface area (Å²) < 4.78 is 5.59. The third kappa shape index (κ3) is 7.17. The Morgan fingerprint density at radius 1 is 1.33 bits per heavy atom. The summed E-state index contributed by atoms with van der Waals surface area (Å²) in [5.41, 5.74) is -0.697. The van der Waals surface area contributed by atoms with Crippen LogP contribution in [0.1, 0.15) is 47.5 Å². The fourth-order valence-corrected chi connectivity index (χ4v) is 1.70. The number of nitrogens with zero attached hydrogens (tertiary/aromatic N) is 1. The maximum atomic E-state index is 12.0. The molecule has 0 aromatic rings. The van der Waals surface area contributed by atoms with E-state index >= 15 is 0 Å². The molecule has 0 aromatic carbocycles. The second kappa shape index (κ2) is 8.71. The number of carbonyl (C=O) groups is 2. The molecule has 122 valence electrons. The normalized spacial score (nSPS) is 14.6. The van der Waals surface area contributed by atoms with Crippen molar-refractivity contribution in [2.45, 2.75) is 65.7 Å². The van der Waals surface area contributed by atoms with Gasteiger partial charge >= 0.3 is 0 Å². The van der Waals surface area contributed by atoms with Gasteiger partial charge in [0.25, 0.3) is 0 Å². The summed E-state index contributed by atoms with van der Waals surface area (Å²) in [6.45, 7) is 8.36. The van der Waals surface area contributed by atoms with Gasteiger partial charge in [0.2, 0.25) is 12.5 Å². The van der Waals surface area contributed by atoms with E-state index in [-0.39, 0.29) is 12.0 Å². The smallest absolute Gasteiger partial charge is 0.226 e. The van der Waals surface area contributed by atoms with Crippen LogP contribution in [0.3, 0.4) is 0 Å². The van der Waals surface area contributed by atoms with Crippen molar-refractivity contribution in [3.05, 3.63) is 10.1 Å². The molecule has 0 aromatic heterocycles. The van der Waals surface area contributed by atoms with Gasteiger partial charge in [-0.1, -0.05) is 34.6 Å². The predicted octanol–water partition coefficient (Wildman–Crippen LogP) is 1.57. The molecule has 0 spiro atoms. The van der Waals surface area contributed by atoms with Gasteiger partial charge in [-0.25, -0.2) is 0 Å². The summed E-state index contributed by atoms with van der Waals surface area (Å²) >= 11 is 0. The van der Waals surface area contributed by atoms with E-state index in [4.69, 9.17) is 4.74 Å². The van der Waals surface area contributed by atoms with E-state index in [0.29, 0.717) is 19.1 Å². The molecule has 7 nitrogen and oxygen atoms in total. The van der Waals surface area contributed by atoms with Crippen molar-refractivity contribution in [3.63, 3.8) is 0 Å². The van der Waals surface area contributed by atoms with Crippen LogP contribution >= 0.6 is 0 Å². The largest absolute Gasteiger partial charge is 0.365 e. The minimum atomic E-state index is -1.02. The molecule has 0 saturated carbocycles. The van der Waals surface area contributed by atoms with Gasteiger partial charge in [-0.05, 0) is 12.8 Å². The molecule has 1 N–H and O–H groups in total. The first kappa shape index (κ1) is 19.5. The fraction of sp³-hybridized carbons (Fsp3) is 0.857. The Hall–Kier alpha value is -1.50. The molecule has 0 fully saturated rings. The van der Waals surface area contributed by atoms with Crippen molar-refractivity contribution in [2.75, 3.05) is 6.54 Å². The van der Waals surface area contributed by atoms with Crippen LogP contribution < -0.4 is 5.32 Å². The van der Waals surface area contributed by atoms with E-state index in [1.54, 1.807) is 20.8 Å². The quantitative estimate of drug-likeness (QED) is 0.396. The summed E-state index contributed by atoms with van der Waals surface area (Å²) in [6.07, 6.45) is 0.723. The molecule has 0 aliphatic rings. The minimum absolute atomic E-state index is 0.166. The molecule has 0 heterocycles. The number of rotatable bonds is 9. The van der Waals surface area contributed by atoms with Crippen LogP contribution in [0.4, 0.5) is 0 Å². The van der Waals surface area contributed by atoms with Gasteiger partial charge in [0.05, 0.1) is 6.10 Å². The van der Waals surface area contributed by atoms with Crippen LogP contribution in [0.25, 0.3) is 0 Å². The van der Waals surface area contributed by atoms with Crippen molar-refractivity contribution < 1.29 is 19.2 Å². The molecule has 0 aliphatic heterocycles. The zero-order valence-electron chi connectivity index (χ0n) is 13.4. The van der Waals surface area contributed by atoms with E-state index in [1.807, 2.05) is 13.8 Å². The van der Waals surface area contributed by atoms with Gasteiger partial charge in [0, 0.05) is 10.3 Å². The number of hydrogen-bond acceptors (Lipinski definition) is 5. The molecule has 21 heavy (non-hydrogen) atoms. The average molecular weight is 302 g/mol. The van der Waals surface area contributed by atoms with Crippen molar-refractivity contribution in [1.29, 1.82) is 0 Å². The molecule has 0 aliphatic carbocycles. The highest BCUT2D eigenvalue weighted by molar-refractivity contribution is 5.82. The molecule has 1 amide bonds. The number of ether oxygens (including phenoxy) is 1. The minimum Gasteiger partial charge on any atom is -0.365 e. The maximum Gasteiger partial charge on any atom is 0.226 e. The second-order valence-corrected chi connectivity index (χ2v) is 6.02. The Bertz CT molecular complexity index is 361. The zero-order chi connectivity index (χ0) is 16.6. The third-order valence-electron chi connectivity index (χ3n) is 3.13. The molecule has 0 radical (unpaired) electrons. The lowest BCUT2D eigenvalue weighted by Crippen LogP contribution is -2.53. The lowest BCUT2D eigenvalue weighted by atomic mass is 9.95. The first-order chi connectivity index (χ1) is 9.65. The van der Waals surface area contributed by atoms with E-state index in [9.17, 15) is 19.7 Å². The number of aldehydes is 1. The molecular weight excluding hydrogens is 276 g/mol. The molecule has 0 saturated heterocycles. The maximum absolute atomic E-state index is 12.0. The van der Waals surface area contributed by atoms with Gasteiger partial charge in [-0.3, -0.25) is 14.9 Å². The molecule has 0 unspecified atom stereocenters. The SMILES string of the molecule is CCC(CC)O[C@H](C=O)[C@@H](C[N+](=O)[O-])NC(=O)C(C)(C)C. The standard InChI is InChI=1S/C14H26N2O5/c1-6-10(7-2)21-12(9-17)11(8-16(19)20)15-13(18)14(3,4)5/h9-12H,6-8H2,1-5H3,(H,15,18)/t11-,12-/m1/s1. The van der Waals surface area contributed by atoms with E-state index < -0.39 is 29.0 Å². The van der Waals surface area contributed by atoms with Crippen molar-refractivity contribution in [2.24, 2.45) is 5.41 Å². The van der Waals surface area contributed by atoms with Gasteiger partial charge < -0.3 is 14.8 Å². The van der Waals surface area contributed by atoms with Gasteiger partial charge in [0.15, 0.2) is 6.29 Å². The van der Waals surface area contributed by atoms with Crippen molar-refractivity contribution in [1.82, 2.24) is 5.32 Å². The highest BCUT2D eigenvalue weighted by Gasteiger charge is 2.33. The lowest BCUT2D eigenvalue weighted by molar-refractivity contribution is -0.485. The van der Waals surface area contributed by atoms with Crippen LogP contribution in [-0.2, 0) is 14.3 Å². The Labute approximate surface area is 125 Å². The van der Waals surface area contributed by atoms with Crippen LogP contribution in [0, 0.1) is 15.5 Å². The van der Waals surface area contributed by atoms with E-state index in [1.165, 1.54) is 0 Å². The summed E-state index contributed by atoms with van der Waals surface area (Å²) in [5, 5.41) is 13.3. The highest BCUT2D eigenvalue weighted by atomic mass is 16.6. The molecule has 0 rings (SSSR count). The fourth-order valence-electron chi connectivity index (χ4n) is 1.70. The number of carbonyl (C=O) groups excluding carboxylic acids is 2. The summed E-state index contributed by atoms with van der Waals surface area (Å²) in [4.78, 5) is 33.4. The first-order valence-electron chi connectivity index (χ1n) is 7.19. The van der Waals surface area contributed by atoms with Gasteiger partial charge in [0.1, 0.15) is 12.1 Å². The topological polar surface area (TPSA) is 98.5 Å². The number of nitrogens with one attached hydrogen (secondary N) is 1. The first-order valence-corrected chi connectivity index (χ1v) is 7.19. The Morgan fingerprint density at radius 2 is 1.86 bits per heavy atom. The van der Waals surface area contributed by atoms with Crippen LogP contribution in [-0.4, -0.2) is 41.9 Å². The van der Waals surface area contributed by atoms with Gasteiger partial charge in [-0.15, -0.1) is 0 Å². The Morgan fingerprint density at radius 3 is 2.19 bits per heavy atom. The predicted molar refractivity (Wildman–Crippen MR) is 78.6 cm³/mol. The van der Waals surface area contributed by atoms with Crippen LogP contribution in [0.15, 0.2) is 0 Å².